The molecule has 176 valence electrons. The van der Waals surface area contributed by atoms with E-state index < -0.39 is 17.7 Å². The summed E-state index contributed by atoms with van der Waals surface area (Å²) in [5.74, 6) is -1.55. The molecule has 34 heavy (non-hydrogen) atoms. The molecule has 2 heterocycles. The van der Waals surface area contributed by atoms with E-state index in [9.17, 15) is 14.7 Å². The minimum absolute atomic E-state index is 0.0577. The quantitative estimate of drug-likeness (QED) is 0.404. The molecule has 0 saturated carbocycles. The molecule has 1 aromatic heterocycles. The van der Waals surface area contributed by atoms with E-state index >= 15 is 0 Å². The number of amides is 1. The summed E-state index contributed by atoms with van der Waals surface area (Å²) in [5, 5.41) is 12.2. The number of aryl methyl sites for hydroxylation is 2. The third-order valence-electron chi connectivity index (χ3n) is 6.00. The third-order valence-corrected chi connectivity index (χ3v) is 7.33. The molecular formula is C26H26ClN3O3S. The maximum absolute atomic E-state index is 13.7. The molecule has 0 radical (unpaired) electrons. The van der Waals surface area contributed by atoms with Crippen molar-refractivity contribution in [1.29, 1.82) is 0 Å². The van der Waals surface area contributed by atoms with Gasteiger partial charge in [0.05, 0.1) is 27.2 Å². The maximum atomic E-state index is 13.7. The van der Waals surface area contributed by atoms with E-state index in [1.807, 2.05) is 31.2 Å². The van der Waals surface area contributed by atoms with E-state index in [1.165, 1.54) is 16.2 Å². The second-order valence-electron chi connectivity index (χ2n) is 8.06. The Morgan fingerprint density at radius 2 is 1.71 bits per heavy atom. The lowest BCUT2D eigenvalue weighted by atomic mass is 9.94. The smallest absolute Gasteiger partial charge is 0.294 e. The van der Waals surface area contributed by atoms with Crippen molar-refractivity contribution in [3.8, 4) is 0 Å². The highest BCUT2D eigenvalue weighted by Gasteiger charge is 2.45. The molecule has 4 rings (SSSR count). The van der Waals surface area contributed by atoms with Gasteiger partial charge in [0.1, 0.15) is 0 Å². The van der Waals surface area contributed by atoms with Gasteiger partial charge >= 0.3 is 0 Å². The first kappa shape index (κ1) is 24.0. The van der Waals surface area contributed by atoms with Gasteiger partial charge in [-0.3, -0.25) is 14.5 Å². The van der Waals surface area contributed by atoms with Crippen molar-refractivity contribution in [1.82, 2.24) is 4.98 Å². The number of hydrogen-bond donors (Lipinski definition) is 1. The van der Waals surface area contributed by atoms with Crippen LogP contribution in [0.1, 0.15) is 45.8 Å². The highest BCUT2D eigenvalue weighted by Crippen LogP contribution is 2.43. The van der Waals surface area contributed by atoms with Crippen LogP contribution in [0.4, 0.5) is 11.4 Å². The molecule has 1 unspecified atom stereocenters. The molecule has 3 aromatic rings. The molecule has 1 amide bonds. The normalized spacial score (nSPS) is 15.9. The van der Waals surface area contributed by atoms with Crippen LogP contribution in [0, 0.1) is 13.8 Å². The van der Waals surface area contributed by atoms with Gasteiger partial charge in [0.15, 0.2) is 5.76 Å². The Labute approximate surface area is 208 Å². The van der Waals surface area contributed by atoms with E-state index in [1.54, 1.807) is 31.2 Å². The summed E-state index contributed by atoms with van der Waals surface area (Å²) in [7, 11) is 0. The summed E-state index contributed by atoms with van der Waals surface area (Å²) in [6.45, 7) is 9.49. The summed E-state index contributed by atoms with van der Waals surface area (Å²) >= 11 is 7.32. The Balaban J connectivity index is 1.85. The molecular weight excluding hydrogens is 470 g/mol. The molecule has 6 nitrogen and oxygen atoms in total. The van der Waals surface area contributed by atoms with Gasteiger partial charge in [0, 0.05) is 29.5 Å². The number of aliphatic hydroxyl groups is 1. The molecule has 8 heteroatoms. The van der Waals surface area contributed by atoms with Gasteiger partial charge in [0.25, 0.3) is 5.91 Å². The molecule has 0 saturated heterocycles. The van der Waals surface area contributed by atoms with Crippen molar-refractivity contribution in [2.45, 2.75) is 33.7 Å². The van der Waals surface area contributed by atoms with E-state index in [-0.39, 0.29) is 11.4 Å². The molecule has 0 bridgehead atoms. The maximum Gasteiger partial charge on any atom is 0.294 e. The molecule has 0 spiro atoms. The average Bonchev–Trinajstić information content (AvgIpc) is 3.30. The first-order chi connectivity index (χ1) is 16.3. The number of thiazole rings is 1. The lowest BCUT2D eigenvalue weighted by Gasteiger charge is -2.28. The summed E-state index contributed by atoms with van der Waals surface area (Å²) in [5.41, 5.74) is 2.96. The van der Waals surface area contributed by atoms with Crippen LogP contribution in [0.3, 0.4) is 0 Å². The number of nitrogens with zero attached hydrogens (tertiary/aromatic N) is 3. The minimum Gasteiger partial charge on any atom is -0.503 e. The Bertz CT molecular complexity index is 1260. The van der Waals surface area contributed by atoms with Crippen molar-refractivity contribution in [3.05, 3.63) is 86.0 Å². The van der Waals surface area contributed by atoms with E-state index in [2.05, 4.69) is 23.7 Å². The predicted octanol–water partition coefficient (Wildman–Crippen LogP) is 6.04. The SMILES string of the molecule is CCN(CC)c1ccc(C2C(C(=O)c3sc(C)nc3C)=C(O)C(=O)N2c2ccc(Cl)cc2)cc1. The van der Waals surface area contributed by atoms with Crippen LogP contribution in [0.25, 0.3) is 0 Å². The van der Waals surface area contributed by atoms with Crippen molar-refractivity contribution in [2.24, 2.45) is 0 Å². The zero-order valence-corrected chi connectivity index (χ0v) is 21.1. The average molecular weight is 496 g/mol. The number of rotatable bonds is 7. The number of halogens is 1. The van der Waals surface area contributed by atoms with Crippen molar-refractivity contribution >= 4 is 46.0 Å². The second kappa shape index (κ2) is 9.60. The first-order valence-electron chi connectivity index (χ1n) is 11.1. The van der Waals surface area contributed by atoms with Crippen LogP contribution in [-0.4, -0.2) is 34.9 Å². The molecule has 0 aliphatic carbocycles. The van der Waals surface area contributed by atoms with E-state index in [4.69, 9.17) is 11.6 Å². The van der Waals surface area contributed by atoms with Gasteiger partial charge in [-0.05, 0) is 69.7 Å². The zero-order valence-electron chi connectivity index (χ0n) is 19.5. The number of aromatic nitrogens is 1. The summed E-state index contributed by atoms with van der Waals surface area (Å²) in [6, 6.07) is 13.8. The van der Waals surface area contributed by atoms with Crippen molar-refractivity contribution in [3.63, 3.8) is 0 Å². The molecule has 1 aliphatic rings. The number of benzene rings is 2. The van der Waals surface area contributed by atoms with E-state index in [0.29, 0.717) is 21.3 Å². The predicted molar refractivity (Wildman–Crippen MR) is 137 cm³/mol. The van der Waals surface area contributed by atoms with Gasteiger partial charge in [-0.2, -0.15) is 0 Å². The number of hydrogen-bond acceptors (Lipinski definition) is 6. The van der Waals surface area contributed by atoms with Crippen molar-refractivity contribution < 1.29 is 14.7 Å². The van der Waals surface area contributed by atoms with Gasteiger partial charge in [-0.15, -0.1) is 11.3 Å². The van der Waals surface area contributed by atoms with Crippen molar-refractivity contribution in [2.75, 3.05) is 22.9 Å². The number of Topliss-reactive ketones (excluding diaryl/α,β-unsaturated/α-hetero) is 1. The topological polar surface area (TPSA) is 73.7 Å². The van der Waals surface area contributed by atoms with Crippen LogP contribution < -0.4 is 9.80 Å². The highest BCUT2D eigenvalue weighted by molar-refractivity contribution is 7.14. The Morgan fingerprint density at radius 1 is 1.09 bits per heavy atom. The lowest BCUT2D eigenvalue weighted by molar-refractivity contribution is -0.117. The number of carbonyl (C=O) groups is 2. The van der Waals surface area contributed by atoms with Gasteiger partial charge in [-0.1, -0.05) is 23.7 Å². The fourth-order valence-corrected chi connectivity index (χ4v) is 5.34. The van der Waals surface area contributed by atoms with Gasteiger partial charge < -0.3 is 10.0 Å². The van der Waals surface area contributed by atoms with Crippen LogP contribution in [-0.2, 0) is 4.79 Å². The molecule has 0 fully saturated rings. The van der Waals surface area contributed by atoms with E-state index in [0.717, 1.165) is 29.3 Å². The van der Waals surface area contributed by atoms with Crippen LogP contribution in [0.15, 0.2) is 59.9 Å². The Morgan fingerprint density at radius 3 is 2.24 bits per heavy atom. The number of aliphatic hydroxyl groups excluding tert-OH is 1. The largest absolute Gasteiger partial charge is 0.503 e. The van der Waals surface area contributed by atoms with Gasteiger partial charge in [-0.25, -0.2) is 4.98 Å². The fraction of sp³-hybridized carbons (Fsp3) is 0.269. The monoisotopic (exact) mass is 495 g/mol. The van der Waals surface area contributed by atoms with Crippen LogP contribution in [0.5, 0.6) is 0 Å². The summed E-state index contributed by atoms with van der Waals surface area (Å²) in [6.07, 6.45) is 0. The number of anilines is 2. The molecule has 1 aliphatic heterocycles. The number of ketones is 1. The highest BCUT2D eigenvalue weighted by atomic mass is 35.5. The van der Waals surface area contributed by atoms with Crippen LogP contribution in [0.2, 0.25) is 5.02 Å². The Kier molecular flexibility index (Phi) is 6.77. The molecule has 1 N–H and O–H groups in total. The van der Waals surface area contributed by atoms with Crippen LogP contribution >= 0.6 is 22.9 Å². The van der Waals surface area contributed by atoms with Gasteiger partial charge in [0.2, 0.25) is 5.78 Å². The number of carbonyl (C=O) groups excluding carboxylic acids is 2. The fourth-order valence-electron chi connectivity index (χ4n) is 4.34. The first-order valence-corrected chi connectivity index (χ1v) is 12.3. The zero-order chi connectivity index (χ0) is 24.6. The molecule has 1 atom stereocenters. The standard InChI is InChI=1S/C26H26ClN3O3S/c1-5-29(6-2)19-11-7-17(8-12-19)22-21(23(31)25-15(3)28-16(4)34-25)24(32)26(33)30(22)20-13-9-18(27)10-14-20/h7-14,22,32H,5-6H2,1-4H3. The molecule has 2 aromatic carbocycles. The Hall–Kier alpha value is -3.16. The summed E-state index contributed by atoms with van der Waals surface area (Å²) < 4.78 is 0. The lowest BCUT2D eigenvalue weighted by Crippen LogP contribution is -2.31. The minimum atomic E-state index is -0.784. The third kappa shape index (κ3) is 4.21. The second-order valence-corrected chi connectivity index (χ2v) is 9.70. The summed E-state index contributed by atoms with van der Waals surface area (Å²) in [4.78, 5) is 35.4.